The van der Waals surface area contributed by atoms with E-state index in [-0.39, 0.29) is 11.8 Å². The Kier molecular flexibility index (Phi) is 4.91. The predicted octanol–water partition coefficient (Wildman–Crippen LogP) is 2.67. The minimum absolute atomic E-state index is 0.145. The molecule has 2 amide bonds. The Hall–Kier alpha value is -2.66. The number of pyridine rings is 1. The number of hydrogen-bond acceptors (Lipinski definition) is 3. The van der Waals surface area contributed by atoms with Gasteiger partial charge in [0.15, 0.2) is 0 Å². The van der Waals surface area contributed by atoms with Crippen molar-refractivity contribution in [1.82, 2.24) is 10.3 Å². The molecule has 1 aliphatic rings. The van der Waals surface area contributed by atoms with Gasteiger partial charge in [-0.25, -0.2) is 0 Å². The summed E-state index contributed by atoms with van der Waals surface area (Å²) in [6.45, 7) is 0.529. The van der Waals surface area contributed by atoms with Crippen LogP contribution in [-0.2, 0) is 9.59 Å². The summed E-state index contributed by atoms with van der Waals surface area (Å²) in [5.41, 5.74) is 1.55. The highest BCUT2D eigenvalue weighted by Crippen LogP contribution is 2.28. The van der Waals surface area contributed by atoms with Gasteiger partial charge in [0, 0.05) is 25.0 Å². The number of carbonyl (C=O) groups is 2. The van der Waals surface area contributed by atoms with E-state index < -0.39 is 6.04 Å². The minimum Gasteiger partial charge on any atom is -0.341 e. The van der Waals surface area contributed by atoms with Crippen LogP contribution in [0, 0.1) is 0 Å². The quantitative estimate of drug-likeness (QED) is 0.870. The fourth-order valence-electron chi connectivity index (χ4n) is 2.59. The van der Waals surface area contributed by atoms with Crippen LogP contribution in [0.2, 0.25) is 5.02 Å². The van der Waals surface area contributed by atoms with Crippen molar-refractivity contribution in [2.24, 2.45) is 0 Å². The number of halogens is 1. The summed E-state index contributed by atoms with van der Waals surface area (Å²) < 4.78 is 0. The summed E-state index contributed by atoms with van der Waals surface area (Å²) in [6, 6.07) is 10.2. The van der Waals surface area contributed by atoms with E-state index in [9.17, 15) is 9.59 Å². The van der Waals surface area contributed by atoms with Gasteiger partial charge in [-0.15, -0.1) is 0 Å². The first-order valence-electron chi connectivity index (χ1n) is 7.59. The number of carbonyl (C=O) groups excluding carboxylic acids is 2. The molecule has 122 valence electrons. The van der Waals surface area contributed by atoms with Crippen LogP contribution in [-0.4, -0.2) is 29.4 Å². The Morgan fingerprint density at radius 2 is 2.00 bits per heavy atom. The van der Waals surface area contributed by atoms with Crippen LogP contribution < -0.4 is 10.2 Å². The minimum atomic E-state index is -0.532. The van der Waals surface area contributed by atoms with Crippen molar-refractivity contribution in [3.05, 3.63) is 65.5 Å². The van der Waals surface area contributed by atoms with Gasteiger partial charge in [-0.05, 0) is 42.3 Å². The number of nitrogens with one attached hydrogen (secondary N) is 1. The van der Waals surface area contributed by atoms with Crippen molar-refractivity contribution >= 4 is 35.2 Å². The maximum Gasteiger partial charge on any atom is 0.249 e. The van der Waals surface area contributed by atoms with E-state index in [0.29, 0.717) is 23.7 Å². The van der Waals surface area contributed by atoms with Crippen LogP contribution >= 0.6 is 11.6 Å². The standard InChI is InChI=1S/C18H16ClN3O2/c19-14-3-1-2-4-16(14)22-12-9-15(18(22)24)21-17(23)6-5-13-7-10-20-11-8-13/h1-8,10-11,15H,9,12H2,(H,21,23)/b6-5-/t15-/m1/s1. The van der Waals surface area contributed by atoms with E-state index in [1.165, 1.54) is 6.08 Å². The normalized spacial score (nSPS) is 17.5. The molecule has 24 heavy (non-hydrogen) atoms. The van der Waals surface area contributed by atoms with Crippen molar-refractivity contribution in [3.63, 3.8) is 0 Å². The van der Waals surface area contributed by atoms with E-state index in [2.05, 4.69) is 10.3 Å². The maximum atomic E-state index is 12.5. The number of para-hydroxylation sites is 1. The molecule has 1 atom stereocenters. The molecule has 3 rings (SSSR count). The Morgan fingerprint density at radius 1 is 1.25 bits per heavy atom. The third-order valence-electron chi connectivity index (χ3n) is 3.80. The molecule has 0 aliphatic carbocycles. The lowest BCUT2D eigenvalue weighted by Gasteiger charge is -2.18. The number of aromatic nitrogens is 1. The third kappa shape index (κ3) is 3.63. The van der Waals surface area contributed by atoms with Gasteiger partial charge in [0.1, 0.15) is 6.04 Å². The summed E-state index contributed by atoms with van der Waals surface area (Å²) >= 11 is 6.14. The molecule has 1 aromatic carbocycles. The molecule has 6 heteroatoms. The lowest BCUT2D eigenvalue weighted by atomic mass is 10.2. The molecule has 0 unspecified atom stereocenters. The van der Waals surface area contributed by atoms with E-state index >= 15 is 0 Å². The SMILES string of the molecule is O=C(/C=C\c1ccncc1)N[C@@H]1CCN(c2ccccc2Cl)C1=O. The number of rotatable bonds is 4. The zero-order valence-corrected chi connectivity index (χ0v) is 13.6. The van der Waals surface area contributed by atoms with Crippen molar-refractivity contribution in [2.75, 3.05) is 11.4 Å². The molecule has 1 saturated heterocycles. The second-order valence-corrected chi connectivity index (χ2v) is 5.81. The summed E-state index contributed by atoms with van der Waals surface area (Å²) in [4.78, 5) is 30.0. The van der Waals surface area contributed by atoms with E-state index in [4.69, 9.17) is 11.6 Å². The lowest BCUT2D eigenvalue weighted by Crippen LogP contribution is -2.40. The molecule has 1 aliphatic heterocycles. The fourth-order valence-corrected chi connectivity index (χ4v) is 2.83. The zero-order valence-electron chi connectivity index (χ0n) is 12.9. The molecule has 0 radical (unpaired) electrons. The fraction of sp³-hybridized carbons (Fsp3) is 0.167. The van der Waals surface area contributed by atoms with Crippen molar-refractivity contribution < 1.29 is 9.59 Å². The third-order valence-corrected chi connectivity index (χ3v) is 4.12. The van der Waals surface area contributed by atoms with Crippen LogP contribution in [0.15, 0.2) is 54.9 Å². The second kappa shape index (κ2) is 7.27. The number of benzene rings is 1. The molecule has 0 saturated carbocycles. The van der Waals surface area contributed by atoms with Crippen molar-refractivity contribution in [2.45, 2.75) is 12.5 Å². The summed E-state index contributed by atoms with van der Waals surface area (Å²) in [7, 11) is 0. The highest BCUT2D eigenvalue weighted by molar-refractivity contribution is 6.34. The average Bonchev–Trinajstić information content (AvgIpc) is 2.95. The molecule has 1 aromatic heterocycles. The molecule has 5 nitrogen and oxygen atoms in total. The van der Waals surface area contributed by atoms with Gasteiger partial charge in [-0.1, -0.05) is 23.7 Å². The molecular formula is C18H16ClN3O2. The van der Waals surface area contributed by atoms with Crippen molar-refractivity contribution in [3.8, 4) is 0 Å². The first-order chi connectivity index (χ1) is 11.6. The molecule has 2 heterocycles. The van der Waals surface area contributed by atoms with Crippen LogP contribution in [0.1, 0.15) is 12.0 Å². The number of nitrogens with zero attached hydrogens (tertiary/aromatic N) is 2. The highest BCUT2D eigenvalue weighted by atomic mass is 35.5. The Balaban J connectivity index is 1.63. The van der Waals surface area contributed by atoms with Crippen LogP contribution in [0.25, 0.3) is 6.08 Å². The van der Waals surface area contributed by atoms with Crippen LogP contribution in [0.5, 0.6) is 0 Å². The number of hydrogen-bond donors (Lipinski definition) is 1. The molecule has 0 spiro atoms. The molecule has 1 N–H and O–H groups in total. The van der Waals surface area contributed by atoms with E-state index in [1.54, 1.807) is 47.6 Å². The first kappa shape index (κ1) is 16.2. The molecule has 1 fully saturated rings. The number of amides is 2. The summed E-state index contributed by atoms with van der Waals surface area (Å²) in [5.74, 6) is -0.445. The summed E-state index contributed by atoms with van der Waals surface area (Å²) in [5, 5.41) is 3.27. The van der Waals surface area contributed by atoms with Gasteiger partial charge in [-0.2, -0.15) is 0 Å². The lowest BCUT2D eigenvalue weighted by molar-refractivity contribution is -0.123. The highest BCUT2D eigenvalue weighted by Gasteiger charge is 2.33. The smallest absolute Gasteiger partial charge is 0.249 e. The predicted molar refractivity (Wildman–Crippen MR) is 93.6 cm³/mol. The van der Waals surface area contributed by atoms with Gasteiger partial charge in [0.2, 0.25) is 11.8 Å². The average molecular weight is 342 g/mol. The van der Waals surface area contributed by atoms with Gasteiger partial charge in [0.05, 0.1) is 10.7 Å². The monoisotopic (exact) mass is 341 g/mol. The zero-order chi connectivity index (χ0) is 16.9. The maximum absolute atomic E-state index is 12.5. The van der Waals surface area contributed by atoms with Crippen LogP contribution in [0.4, 0.5) is 5.69 Å². The number of anilines is 1. The van der Waals surface area contributed by atoms with Gasteiger partial charge in [-0.3, -0.25) is 14.6 Å². The second-order valence-electron chi connectivity index (χ2n) is 5.41. The molecular weight excluding hydrogens is 326 g/mol. The molecule has 0 bridgehead atoms. The Labute approximate surface area is 145 Å². The van der Waals surface area contributed by atoms with Gasteiger partial charge >= 0.3 is 0 Å². The first-order valence-corrected chi connectivity index (χ1v) is 7.97. The van der Waals surface area contributed by atoms with Gasteiger partial charge < -0.3 is 10.2 Å². The Bertz CT molecular complexity index is 777. The molecule has 2 aromatic rings. The topological polar surface area (TPSA) is 62.3 Å². The van der Waals surface area contributed by atoms with Crippen LogP contribution in [0.3, 0.4) is 0 Å². The van der Waals surface area contributed by atoms with Crippen molar-refractivity contribution in [1.29, 1.82) is 0 Å². The Morgan fingerprint density at radius 3 is 2.75 bits per heavy atom. The van der Waals surface area contributed by atoms with Gasteiger partial charge in [0.25, 0.3) is 0 Å². The largest absolute Gasteiger partial charge is 0.341 e. The van der Waals surface area contributed by atoms with E-state index in [0.717, 1.165) is 5.56 Å². The summed E-state index contributed by atoms with van der Waals surface area (Å²) in [6.07, 6.45) is 6.96. The van der Waals surface area contributed by atoms with E-state index in [1.807, 2.05) is 12.1 Å².